The Bertz CT molecular complexity index is 1510. The molecule has 0 unspecified atom stereocenters. The molecule has 5 aromatic rings. The number of anilines is 2. The number of benzene rings is 3. The van der Waals surface area contributed by atoms with Gasteiger partial charge in [0.05, 0.1) is 49.7 Å². The normalized spacial score (nSPS) is 12.3. The third-order valence-electron chi connectivity index (χ3n) is 7.60. The summed E-state index contributed by atoms with van der Waals surface area (Å²) < 4.78 is 10.6. The van der Waals surface area contributed by atoms with E-state index in [-0.39, 0.29) is 12.1 Å². The van der Waals surface area contributed by atoms with Gasteiger partial charge in [-0.1, -0.05) is 91.0 Å². The lowest BCUT2D eigenvalue weighted by Gasteiger charge is -2.38. The lowest BCUT2D eigenvalue weighted by molar-refractivity contribution is 0.165. The van der Waals surface area contributed by atoms with E-state index >= 15 is 0 Å². The van der Waals surface area contributed by atoms with Gasteiger partial charge in [-0.2, -0.15) is 0 Å². The first-order chi connectivity index (χ1) is 22.6. The molecule has 0 N–H and O–H groups in total. The Morgan fingerprint density at radius 3 is 1.37 bits per heavy atom. The lowest BCUT2D eigenvalue weighted by atomic mass is 10.0. The molecular formula is C35H37N5O4S2. The van der Waals surface area contributed by atoms with Crippen LogP contribution in [0.5, 0.6) is 0 Å². The van der Waals surface area contributed by atoms with Crippen molar-refractivity contribution in [3.05, 3.63) is 131 Å². The van der Waals surface area contributed by atoms with E-state index in [1.807, 2.05) is 54.6 Å². The highest BCUT2D eigenvalue weighted by Gasteiger charge is 2.33. The van der Waals surface area contributed by atoms with E-state index in [1.54, 1.807) is 33.2 Å². The van der Waals surface area contributed by atoms with Gasteiger partial charge in [0.1, 0.15) is 10.0 Å². The summed E-state index contributed by atoms with van der Waals surface area (Å²) in [6, 6.07) is 29.8. The Kier molecular flexibility index (Phi) is 11.9. The number of thiazole rings is 2. The zero-order valence-electron chi connectivity index (χ0n) is 25.8. The molecule has 0 radical (unpaired) electrons. The van der Waals surface area contributed by atoms with Crippen molar-refractivity contribution in [3.8, 4) is 0 Å². The molecule has 2 aromatic heterocycles. The Morgan fingerprint density at radius 1 is 0.630 bits per heavy atom. The van der Waals surface area contributed by atoms with Gasteiger partial charge in [0.15, 0.2) is 0 Å². The van der Waals surface area contributed by atoms with Crippen LogP contribution in [0.3, 0.4) is 0 Å². The van der Waals surface area contributed by atoms with Gasteiger partial charge in [-0.25, -0.2) is 9.59 Å². The highest BCUT2D eigenvalue weighted by molar-refractivity contribution is 7.14. The average Bonchev–Trinajstić information content (AvgIpc) is 3.82. The molecule has 46 heavy (non-hydrogen) atoms. The van der Waals surface area contributed by atoms with Gasteiger partial charge in [0, 0.05) is 19.6 Å². The number of rotatable bonds is 14. The van der Waals surface area contributed by atoms with Crippen molar-refractivity contribution in [1.29, 1.82) is 0 Å². The third-order valence-corrected chi connectivity index (χ3v) is 9.14. The highest BCUT2D eigenvalue weighted by atomic mass is 32.1. The van der Waals surface area contributed by atoms with E-state index < -0.39 is 12.2 Å². The first-order valence-electron chi connectivity index (χ1n) is 14.9. The van der Waals surface area contributed by atoms with Gasteiger partial charge in [0.25, 0.3) is 0 Å². The van der Waals surface area contributed by atoms with Crippen LogP contribution in [0.4, 0.5) is 19.6 Å². The maximum absolute atomic E-state index is 13.4. The fourth-order valence-corrected chi connectivity index (χ4v) is 6.96. The molecule has 238 valence electrons. The van der Waals surface area contributed by atoms with Crippen molar-refractivity contribution in [1.82, 2.24) is 14.9 Å². The van der Waals surface area contributed by atoms with Crippen molar-refractivity contribution < 1.29 is 19.1 Å². The van der Waals surface area contributed by atoms with Gasteiger partial charge in [-0.3, -0.25) is 24.7 Å². The summed E-state index contributed by atoms with van der Waals surface area (Å²) in [6.07, 6.45) is 3.65. The fourth-order valence-electron chi connectivity index (χ4n) is 5.58. The summed E-state index contributed by atoms with van der Waals surface area (Å²) in [5.41, 5.74) is 6.72. The molecule has 9 nitrogen and oxygen atoms in total. The zero-order chi connectivity index (χ0) is 32.1. The summed E-state index contributed by atoms with van der Waals surface area (Å²) in [5.74, 6) is 0. The van der Waals surface area contributed by atoms with Gasteiger partial charge in [-0.15, -0.1) is 22.7 Å². The van der Waals surface area contributed by atoms with Crippen LogP contribution < -0.4 is 9.80 Å². The number of methoxy groups -OCH3 is 2. The molecule has 2 amide bonds. The molecule has 3 aromatic carbocycles. The molecule has 0 saturated heterocycles. The summed E-state index contributed by atoms with van der Waals surface area (Å²) in [4.78, 5) is 41.1. The Labute approximate surface area is 277 Å². The molecule has 0 aliphatic heterocycles. The number of aromatic nitrogens is 2. The smallest absolute Gasteiger partial charge is 0.415 e. The number of carbonyl (C=O) groups excluding carboxylic acids is 2. The SMILES string of the molecule is COC(=O)N(c1cncs1)[C@@H](Cc1ccccc1)CN(Cc1ccccc1)C[C@H](Cc1ccccc1)N(C(=O)OC)c1cncs1. The minimum Gasteiger partial charge on any atom is -0.452 e. The Balaban J connectivity index is 1.56. The summed E-state index contributed by atoms with van der Waals surface area (Å²) in [7, 11) is 2.80. The highest BCUT2D eigenvalue weighted by Crippen LogP contribution is 2.28. The second-order valence-electron chi connectivity index (χ2n) is 10.7. The van der Waals surface area contributed by atoms with Gasteiger partial charge >= 0.3 is 12.2 Å². The van der Waals surface area contributed by atoms with Crippen LogP contribution in [0.2, 0.25) is 0 Å². The number of hydrogen-bond donors (Lipinski definition) is 0. The second kappa shape index (κ2) is 16.6. The minimum absolute atomic E-state index is 0.314. The summed E-state index contributed by atoms with van der Waals surface area (Å²) in [5, 5.41) is 1.41. The van der Waals surface area contributed by atoms with Crippen molar-refractivity contribution in [3.63, 3.8) is 0 Å². The fraction of sp³-hybridized carbons (Fsp3) is 0.257. The number of nitrogens with zero attached hydrogens (tertiary/aromatic N) is 5. The van der Waals surface area contributed by atoms with Gasteiger partial charge in [-0.05, 0) is 29.5 Å². The lowest BCUT2D eigenvalue weighted by Crippen LogP contribution is -2.52. The molecule has 0 aliphatic carbocycles. The van der Waals surface area contributed by atoms with Crippen molar-refractivity contribution in [2.75, 3.05) is 37.1 Å². The van der Waals surface area contributed by atoms with Crippen LogP contribution in [0.25, 0.3) is 0 Å². The largest absolute Gasteiger partial charge is 0.452 e. The molecule has 2 atom stereocenters. The van der Waals surface area contributed by atoms with Gasteiger partial charge in [0.2, 0.25) is 0 Å². The number of amides is 2. The molecular weight excluding hydrogens is 619 g/mol. The van der Waals surface area contributed by atoms with Crippen molar-refractivity contribution in [2.45, 2.75) is 31.5 Å². The van der Waals surface area contributed by atoms with Crippen LogP contribution in [0, 0.1) is 0 Å². The standard InChI is InChI=1S/C35H37N5O4S2/c1-43-34(41)39(32-20-36-25-45-32)30(18-27-12-6-3-7-13-27)23-38(22-29-16-10-5-11-17-29)24-31(19-28-14-8-4-9-15-28)40(35(42)44-2)33-21-37-26-46-33/h3-17,20-21,25-26,30-31H,18-19,22-24H2,1-2H3/t30-,31-/m0/s1. The second-order valence-corrected chi connectivity index (χ2v) is 12.5. The van der Waals surface area contributed by atoms with Crippen LogP contribution in [-0.4, -0.2) is 66.4 Å². The van der Waals surface area contributed by atoms with E-state index in [0.717, 1.165) is 16.7 Å². The Hall–Kier alpha value is -4.58. The molecule has 0 saturated carbocycles. The topological polar surface area (TPSA) is 88.1 Å². The van der Waals surface area contributed by atoms with Gasteiger partial charge < -0.3 is 9.47 Å². The van der Waals surface area contributed by atoms with Crippen LogP contribution >= 0.6 is 22.7 Å². The maximum atomic E-state index is 13.4. The summed E-state index contributed by atoms with van der Waals surface area (Å²) in [6.45, 7) is 1.56. The Morgan fingerprint density at radius 2 is 1.02 bits per heavy atom. The molecule has 11 heteroatoms. The third kappa shape index (κ3) is 8.78. The van der Waals surface area contributed by atoms with Crippen LogP contribution in [0.1, 0.15) is 16.7 Å². The first kappa shape index (κ1) is 32.8. The predicted octanol–water partition coefficient (Wildman–Crippen LogP) is 7.17. The van der Waals surface area contributed by atoms with E-state index in [2.05, 4.69) is 51.3 Å². The molecule has 5 rings (SSSR count). The van der Waals surface area contributed by atoms with E-state index in [1.165, 1.54) is 36.9 Å². The molecule has 0 bridgehead atoms. The molecule has 0 spiro atoms. The number of hydrogen-bond acceptors (Lipinski definition) is 9. The van der Waals surface area contributed by atoms with Crippen molar-refractivity contribution >= 4 is 44.9 Å². The summed E-state index contributed by atoms with van der Waals surface area (Å²) >= 11 is 2.78. The monoisotopic (exact) mass is 655 g/mol. The van der Waals surface area contributed by atoms with E-state index in [9.17, 15) is 9.59 Å². The first-order valence-corrected chi connectivity index (χ1v) is 16.7. The van der Waals surface area contributed by atoms with Crippen LogP contribution in [0.15, 0.2) is 114 Å². The number of ether oxygens (including phenoxy) is 2. The van der Waals surface area contributed by atoms with E-state index in [4.69, 9.17) is 9.47 Å². The van der Waals surface area contributed by atoms with E-state index in [0.29, 0.717) is 42.5 Å². The average molecular weight is 656 g/mol. The molecule has 0 aliphatic rings. The number of carbonyl (C=O) groups is 2. The quantitative estimate of drug-likeness (QED) is 0.125. The van der Waals surface area contributed by atoms with Crippen LogP contribution in [-0.2, 0) is 28.9 Å². The van der Waals surface area contributed by atoms with Crippen molar-refractivity contribution in [2.24, 2.45) is 0 Å². The molecule has 2 heterocycles. The predicted molar refractivity (Wildman–Crippen MR) is 184 cm³/mol. The minimum atomic E-state index is -0.452. The maximum Gasteiger partial charge on any atom is 0.415 e. The zero-order valence-corrected chi connectivity index (χ0v) is 27.5. The molecule has 0 fully saturated rings.